The van der Waals surface area contributed by atoms with Crippen molar-refractivity contribution >= 4 is 11.5 Å². The van der Waals surface area contributed by atoms with Gasteiger partial charge < -0.3 is 5.32 Å². The van der Waals surface area contributed by atoms with Gasteiger partial charge in [0.15, 0.2) is 0 Å². The predicted molar refractivity (Wildman–Crippen MR) is 76.0 cm³/mol. The van der Waals surface area contributed by atoms with Crippen molar-refractivity contribution in [3.05, 3.63) is 72.9 Å². The molecule has 0 aliphatic carbocycles. The van der Waals surface area contributed by atoms with E-state index in [1.807, 2.05) is 60.7 Å². The van der Waals surface area contributed by atoms with Gasteiger partial charge in [-0.3, -0.25) is 4.98 Å². The minimum atomic E-state index is 0. The molecule has 0 bridgehead atoms. The molecule has 0 aliphatic heterocycles. The van der Waals surface area contributed by atoms with Crippen molar-refractivity contribution in [3.8, 4) is 11.4 Å². The van der Waals surface area contributed by atoms with E-state index in [-0.39, 0.29) is 21.1 Å². The minimum absolute atomic E-state index is 0. The van der Waals surface area contributed by atoms with Crippen LogP contribution in [0, 0.1) is 6.07 Å². The molecule has 0 saturated heterocycles. The van der Waals surface area contributed by atoms with Gasteiger partial charge in [0, 0.05) is 27.3 Å². The summed E-state index contributed by atoms with van der Waals surface area (Å²) in [7, 11) is 0. The third-order valence-corrected chi connectivity index (χ3v) is 2.65. The van der Waals surface area contributed by atoms with Crippen LogP contribution in [-0.4, -0.2) is 9.97 Å². The number of hydrogen-bond acceptors (Lipinski definition) is 3. The average molecular weight is 441 g/mol. The van der Waals surface area contributed by atoms with Crippen LogP contribution >= 0.6 is 0 Å². The van der Waals surface area contributed by atoms with E-state index in [0.717, 1.165) is 22.9 Å². The molecule has 20 heavy (non-hydrogen) atoms. The molecule has 0 unspecified atom stereocenters. The normalized spacial score (nSPS) is 9.60. The zero-order valence-corrected chi connectivity index (χ0v) is 12.8. The molecule has 4 heteroatoms. The zero-order valence-electron chi connectivity index (χ0n) is 10.6. The van der Waals surface area contributed by atoms with Crippen molar-refractivity contribution in [2.45, 2.75) is 0 Å². The molecule has 3 nitrogen and oxygen atoms in total. The van der Waals surface area contributed by atoms with Gasteiger partial charge in [0.1, 0.15) is 5.82 Å². The maximum Gasteiger partial charge on any atom is 0.129 e. The van der Waals surface area contributed by atoms with E-state index in [4.69, 9.17) is 0 Å². The van der Waals surface area contributed by atoms with Crippen LogP contribution in [-0.2, 0) is 21.1 Å². The Hall–Kier alpha value is -1.99. The summed E-state index contributed by atoms with van der Waals surface area (Å²) in [6, 6.07) is 22.4. The number of nitrogens with one attached hydrogen (secondary N) is 1. The summed E-state index contributed by atoms with van der Waals surface area (Å²) in [6.07, 6.45) is 1.77. The molecule has 1 aromatic carbocycles. The first kappa shape index (κ1) is 14.4. The first-order valence-electron chi connectivity index (χ1n) is 6.04. The molecule has 0 amide bonds. The SMILES string of the molecule is [Pt].[c-]1ccccc1Nc1cccc(-c2ccccn2)n1. The fourth-order valence-corrected chi connectivity index (χ4v) is 1.77. The van der Waals surface area contributed by atoms with Crippen LogP contribution in [0.5, 0.6) is 0 Å². The smallest absolute Gasteiger partial charge is 0.129 e. The fourth-order valence-electron chi connectivity index (χ4n) is 1.77. The molecule has 0 radical (unpaired) electrons. The third kappa shape index (κ3) is 3.52. The molecule has 0 fully saturated rings. The first-order chi connectivity index (χ1) is 9.42. The minimum Gasteiger partial charge on any atom is -0.364 e. The molecule has 2 heterocycles. The van der Waals surface area contributed by atoms with E-state index in [0.29, 0.717) is 0 Å². The van der Waals surface area contributed by atoms with Gasteiger partial charge in [-0.25, -0.2) is 4.98 Å². The van der Waals surface area contributed by atoms with Crippen molar-refractivity contribution in [1.29, 1.82) is 0 Å². The zero-order chi connectivity index (χ0) is 12.9. The Bertz CT molecular complexity index is 657. The molecular weight excluding hydrogens is 429 g/mol. The Labute approximate surface area is 132 Å². The van der Waals surface area contributed by atoms with E-state index < -0.39 is 0 Å². The molecule has 0 atom stereocenters. The summed E-state index contributed by atoms with van der Waals surface area (Å²) in [5.41, 5.74) is 2.61. The van der Waals surface area contributed by atoms with Crippen LogP contribution in [0.1, 0.15) is 0 Å². The topological polar surface area (TPSA) is 37.8 Å². The summed E-state index contributed by atoms with van der Waals surface area (Å²) in [5, 5.41) is 3.22. The first-order valence-corrected chi connectivity index (χ1v) is 6.04. The molecule has 0 aliphatic rings. The van der Waals surface area contributed by atoms with Gasteiger partial charge in [-0.15, -0.1) is 6.07 Å². The van der Waals surface area contributed by atoms with Crippen molar-refractivity contribution in [2.24, 2.45) is 0 Å². The number of benzene rings is 1. The number of aromatic nitrogens is 2. The van der Waals surface area contributed by atoms with Gasteiger partial charge >= 0.3 is 0 Å². The van der Waals surface area contributed by atoms with Crippen molar-refractivity contribution in [2.75, 3.05) is 5.32 Å². The van der Waals surface area contributed by atoms with Crippen LogP contribution in [0.15, 0.2) is 66.9 Å². The largest absolute Gasteiger partial charge is 0.364 e. The molecule has 102 valence electrons. The Morgan fingerprint density at radius 2 is 1.70 bits per heavy atom. The number of pyridine rings is 2. The second-order valence-corrected chi connectivity index (χ2v) is 4.02. The van der Waals surface area contributed by atoms with Gasteiger partial charge in [0.25, 0.3) is 0 Å². The summed E-state index contributed by atoms with van der Waals surface area (Å²) in [6.45, 7) is 0. The average Bonchev–Trinajstić information content (AvgIpc) is 2.49. The maximum atomic E-state index is 4.54. The Kier molecular flexibility index (Phi) is 5.02. The van der Waals surface area contributed by atoms with E-state index in [2.05, 4.69) is 21.4 Å². The third-order valence-electron chi connectivity index (χ3n) is 2.65. The summed E-state index contributed by atoms with van der Waals surface area (Å²) < 4.78 is 0. The molecule has 3 rings (SSSR count). The summed E-state index contributed by atoms with van der Waals surface area (Å²) in [4.78, 5) is 8.84. The van der Waals surface area contributed by atoms with E-state index in [1.165, 1.54) is 0 Å². The van der Waals surface area contributed by atoms with Crippen molar-refractivity contribution in [3.63, 3.8) is 0 Å². The number of hydrogen-bond donors (Lipinski definition) is 1. The quantitative estimate of drug-likeness (QED) is 0.631. The van der Waals surface area contributed by atoms with Gasteiger partial charge in [-0.1, -0.05) is 17.8 Å². The van der Waals surface area contributed by atoms with Crippen LogP contribution in [0.4, 0.5) is 11.5 Å². The van der Waals surface area contributed by atoms with Gasteiger partial charge in [-0.2, -0.15) is 24.3 Å². The van der Waals surface area contributed by atoms with Crippen LogP contribution in [0.3, 0.4) is 0 Å². The molecule has 2 aromatic heterocycles. The Morgan fingerprint density at radius 1 is 0.850 bits per heavy atom. The Balaban J connectivity index is 0.00000147. The molecule has 0 spiro atoms. The van der Waals surface area contributed by atoms with Crippen molar-refractivity contribution in [1.82, 2.24) is 9.97 Å². The monoisotopic (exact) mass is 441 g/mol. The van der Waals surface area contributed by atoms with Crippen molar-refractivity contribution < 1.29 is 21.1 Å². The van der Waals surface area contributed by atoms with Crippen LogP contribution in [0.25, 0.3) is 11.4 Å². The van der Waals surface area contributed by atoms with Crippen LogP contribution in [0.2, 0.25) is 0 Å². The second-order valence-electron chi connectivity index (χ2n) is 4.02. The Morgan fingerprint density at radius 3 is 2.45 bits per heavy atom. The van der Waals surface area contributed by atoms with E-state index in [9.17, 15) is 0 Å². The summed E-state index contributed by atoms with van der Waals surface area (Å²) in [5.74, 6) is 0.783. The second kappa shape index (κ2) is 6.97. The number of nitrogens with zero attached hydrogens (tertiary/aromatic N) is 2. The van der Waals surface area contributed by atoms with E-state index >= 15 is 0 Å². The van der Waals surface area contributed by atoms with Gasteiger partial charge in [-0.05, 0) is 24.3 Å². The number of anilines is 2. The molecule has 3 aromatic rings. The van der Waals surface area contributed by atoms with Crippen LogP contribution < -0.4 is 5.32 Å². The number of para-hydroxylation sites is 1. The molecule has 1 N–H and O–H groups in total. The fraction of sp³-hybridized carbons (Fsp3) is 0. The summed E-state index contributed by atoms with van der Waals surface area (Å²) >= 11 is 0. The van der Waals surface area contributed by atoms with E-state index in [1.54, 1.807) is 6.20 Å². The predicted octanol–water partition coefficient (Wildman–Crippen LogP) is 3.68. The molecule has 0 saturated carbocycles. The molecular formula is C16H12N3Pt-. The number of rotatable bonds is 3. The maximum absolute atomic E-state index is 4.54. The standard InChI is InChI=1S/C16H12N3.Pt/c1-2-7-13(8-3-1)18-16-11-6-10-15(19-16)14-9-4-5-12-17-14;/h1-7,9-12H,(H,18,19);/q-1;. The van der Waals surface area contributed by atoms with Gasteiger partial charge in [0.2, 0.25) is 0 Å². The van der Waals surface area contributed by atoms with Gasteiger partial charge in [0.05, 0.1) is 11.4 Å².